The second-order valence-corrected chi connectivity index (χ2v) is 7.25. The van der Waals surface area contributed by atoms with Crippen molar-refractivity contribution in [3.05, 3.63) is 53.8 Å². The molecule has 0 atom stereocenters. The maximum Gasteiger partial charge on any atom is 0.240 e. The Morgan fingerprint density at radius 3 is 2.46 bits per heavy atom. The van der Waals surface area contributed by atoms with Crippen LogP contribution in [0.4, 0.5) is 0 Å². The lowest BCUT2D eigenvalue weighted by Crippen LogP contribution is -2.45. The summed E-state index contributed by atoms with van der Waals surface area (Å²) in [6.07, 6.45) is 1.87. The topological polar surface area (TPSA) is 58.3 Å². The summed E-state index contributed by atoms with van der Waals surface area (Å²) in [5.74, 6) is 1.82. The molecular weight excluding hydrogens is 326 g/mol. The third-order valence-electron chi connectivity index (χ3n) is 4.93. The van der Waals surface area contributed by atoms with Crippen molar-refractivity contribution in [2.24, 2.45) is 0 Å². The van der Waals surface area contributed by atoms with E-state index in [0.717, 1.165) is 56.5 Å². The van der Waals surface area contributed by atoms with Crippen LogP contribution in [-0.4, -0.2) is 51.1 Å². The Balaban J connectivity index is 1.34. The third kappa shape index (κ3) is 3.76. The molecule has 136 valence electrons. The smallest absolute Gasteiger partial charge is 0.240 e. The van der Waals surface area contributed by atoms with Gasteiger partial charge in [0.1, 0.15) is 0 Å². The molecule has 1 aromatic carbocycles. The van der Waals surface area contributed by atoms with Crippen molar-refractivity contribution >= 4 is 10.9 Å². The van der Waals surface area contributed by atoms with Crippen molar-refractivity contribution in [1.82, 2.24) is 24.9 Å². The first-order chi connectivity index (χ1) is 12.7. The maximum atomic E-state index is 5.37. The minimum absolute atomic E-state index is 0.304. The summed E-state index contributed by atoms with van der Waals surface area (Å²) >= 11 is 0. The number of benzene rings is 1. The molecule has 2 aromatic heterocycles. The normalized spacial score (nSPS) is 16.6. The highest BCUT2D eigenvalue weighted by Crippen LogP contribution is 2.19. The molecule has 3 heterocycles. The highest BCUT2D eigenvalue weighted by atomic mass is 16.5. The van der Waals surface area contributed by atoms with Crippen LogP contribution in [0.2, 0.25) is 0 Å². The summed E-state index contributed by atoms with van der Waals surface area (Å²) in [5.41, 5.74) is 2.42. The average molecular weight is 351 g/mol. The summed E-state index contributed by atoms with van der Waals surface area (Å²) in [7, 11) is 0. The Hall–Kier alpha value is -2.31. The van der Waals surface area contributed by atoms with Crippen LogP contribution < -0.4 is 0 Å². The lowest BCUT2D eigenvalue weighted by molar-refractivity contribution is 0.112. The van der Waals surface area contributed by atoms with Crippen molar-refractivity contribution < 1.29 is 4.52 Å². The fraction of sp³-hybridized carbons (Fsp3) is 0.450. The van der Waals surface area contributed by atoms with E-state index < -0.39 is 0 Å². The number of pyridine rings is 1. The van der Waals surface area contributed by atoms with E-state index in [4.69, 9.17) is 4.52 Å². The van der Waals surface area contributed by atoms with Crippen LogP contribution in [0, 0.1) is 0 Å². The summed E-state index contributed by atoms with van der Waals surface area (Å²) in [6, 6.07) is 10.6. The largest absolute Gasteiger partial charge is 0.338 e. The van der Waals surface area contributed by atoms with Gasteiger partial charge in [-0.25, -0.2) is 0 Å². The molecule has 6 nitrogen and oxygen atoms in total. The monoisotopic (exact) mass is 351 g/mol. The van der Waals surface area contributed by atoms with Gasteiger partial charge >= 0.3 is 0 Å². The Kier molecular flexibility index (Phi) is 4.95. The van der Waals surface area contributed by atoms with E-state index in [1.807, 2.05) is 12.3 Å². The van der Waals surface area contributed by atoms with Gasteiger partial charge < -0.3 is 4.52 Å². The average Bonchev–Trinajstić information content (AvgIpc) is 3.13. The highest BCUT2D eigenvalue weighted by molar-refractivity contribution is 5.81. The van der Waals surface area contributed by atoms with Gasteiger partial charge in [0, 0.05) is 50.2 Å². The highest BCUT2D eigenvalue weighted by Gasteiger charge is 2.20. The number of aromatic nitrogens is 3. The molecule has 0 unspecified atom stereocenters. The number of piperazine rings is 1. The minimum Gasteiger partial charge on any atom is -0.338 e. The fourth-order valence-electron chi connectivity index (χ4n) is 3.40. The predicted molar refractivity (Wildman–Crippen MR) is 101 cm³/mol. The number of nitrogens with zero attached hydrogens (tertiary/aromatic N) is 5. The first kappa shape index (κ1) is 17.1. The van der Waals surface area contributed by atoms with E-state index in [9.17, 15) is 0 Å². The second kappa shape index (κ2) is 7.51. The van der Waals surface area contributed by atoms with Gasteiger partial charge in [0.2, 0.25) is 5.89 Å². The molecule has 1 aliphatic heterocycles. The van der Waals surface area contributed by atoms with E-state index in [-0.39, 0.29) is 0 Å². The molecule has 0 N–H and O–H groups in total. The number of hydrogen-bond acceptors (Lipinski definition) is 6. The molecule has 26 heavy (non-hydrogen) atoms. The van der Waals surface area contributed by atoms with Gasteiger partial charge in [-0.2, -0.15) is 4.98 Å². The number of para-hydroxylation sites is 1. The number of rotatable bonds is 5. The van der Waals surface area contributed by atoms with Crippen molar-refractivity contribution in [2.45, 2.75) is 32.9 Å². The van der Waals surface area contributed by atoms with E-state index in [1.165, 1.54) is 10.9 Å². The zero-order valence-corrected chi connectivity index (χ0v) is 15.4. The van der Waals surface area contributed by atoms with Gasteiger partial charge in [-0.1, -0.05) is 43.3 Å². The number of fused-ring (bicyclic) bond motifs is 1. The third-order valence-corrected chi connectivity index (χ3v) is 4.93. The fourth-order valence-corrected chi connectivity index (χ4v) is 3.40. The lowest BCUT2D eigenvalue weighted by atomic mass is 10.1. The van der Waals surface area contributed by atoms with E-state index in [0.29, 0.717) is 5.92 Å². The van der Waals surface area contributed by atoms with Crippen LogP contribution in [0.15, 0.2) is 41.1 Å². The van der Waals surface area contributed by atoms with Crippen LogP contribution in [-0.2, 0) is 13.1 Å². The molecular formula is C20H25N5O. The first-order valence-electron chi connectivity index (χ1n) is 9.29. The molecule has 0 radical (unpaired) electrons. The van der Waals surface area contributed by atoms with Crippen molar-refractivity contribution in [3.63, 3.8) is 0 Å². The van der Waals surface area contributed by atoms with E-state index in [2.05, 4.69) is 63.0 Å². The zero-order chi connectivity index (χ0) is 17.9. The summed E-state index contributed by atoms with van der Waals surface area (Å²) in [4.78, 5) is 13.9. The van der Waals surface area contributed by atoms with Gasteiger partial charge in [-0.05, 0) is 11.6 Å². The van der Waals surface area contributed by atoms with Crippen LogP contribution in [0.1, 0.15) is 37.0 Å². The Morgan fingerprint density at radius 2 is 1.73 bits per heavy atom. The standard InChI is InChI=1S/C20H25N5O/c1-15(2)20-22-18(26-23-20)14-25-11-9-24(10-12-25)13-17-6-3-5-16-7-4-8-21-19(16)17/h3-8,15H,9-14H2,1-2H3. The van der Waals surface area contributed by atoms with Gasteiger partial charge in [0.15, 0.2) is 5.82 Å². The molecule has 1 saturated heterocycles. The van der Waals surface area contributed by atoms with Gasteiger partial charge in [0.05, 0.1) is 12.1 Å². The molecule has 0 amide bonds. The first-order valence-corrected chi connectivity index (χ1v) is 9.29. The Morgan fingerprint density at radius 1 is 1.00 bits per heavy atom. The van der Waals surface area contributed by atoms with Gasteiger partial charge in [0.25, 0.3) is 0 Å². The lowest BCUT2D eigenvalue weighted by Gasteiger charge is -2.34. The number of hydrogen-bond donors (Lipinski definition) is 0. The Labute approximate surface area is 153 Å². The van der Waals surface area contributed by atoms with Crippen LogP contribution in [0.25, 0.3) is 10.9 Å². The quantitative estimate of drug-likeness (QED) is 0.704. The molecule has 0 aliphatic carbocycles. The molecule has 3 aromatic rings. The molecule has 0 saturated carbocycles. The summed E-state index contributed by atoms with van der Waals surface area (Å²) in [5, 5.41) is 5.26. The molecule has 6 heteroatoms. The van der Waals surface area contributed by atoms with Gasteiger partial charge in [-0.15, -0.1) is 0 Å². The maximum absolute atomic E-state index is 5.37. The molecule has 4 rings (SSSR count). The molecule has 1 aliphatic rings. The molecule has 1 fully saturated rings. The van der Waals surface area contributed by atoms with E-state index >= 15 is 0 Å². The van der Waals surface area contributed by atoms with Crippen molar-refractivity contribution in [1.29, 1.82) is 0 Å². The van der Waals surface area contributed by atoms with Crippen LogP contribution in [0.3, 0.4) is 0 Å². The van der Waals surface area contributed by atoms with Crippen molar-refractivity contribution in [2.75, 3.05) is 26.2 Å². The van der Waals surface area contributed by atoms with E-state index in [1.54, 1.807) is 0 Å². The zero-order valence-electron chi connectivity index (χ0n) is 15.4. The second-order valence-electron chi connectivity index (χ2n) is 7.25. The SMILES string of the molecule is CC(C)c1noc(CN2CCN(Cc3cccc4cccnc34)CC2)n1. The Bertz CT molecular complexity index is 862. The summed E-state index contributed by atoms with van der Waals surface area (Å²) < 4.78 is 5.37. The van der Waals surface area contributed by atoms with Crippen molar-refractivity contribution in [3.8, 4) is 0 Å². The van der Waals surface area contributed by atoms with Crippen LogP contribution in [0.5, 0.6) is 0 Å². The molecule has 0 bridgehead atoms. The minimum atomic E-state index is 0.304. The summed E-state index contributed by atoms with van der Waals surface area (Å²) in [6.45, 7) is 9.94. The van der Waals surface area contributed by atoms with Crippen LogP contribution >= 0.6 is 0 Å². The van der Waals surface area contributed by atoms with Gasteiger partial charge in [-0.3, -0.25) is 14.8 Å². The predicted octanol–water partition coefficient (Wildman–Crippen LogP) is 3.06. The molecule has 0 spiro atoms.